The molecule has 2 fully saturated rings. The number of carbonyl (C=O) groups is 1. The van der Waals surface area contributed by atoms with E-state index in [2.05, 4.69) is 25.1 Å². The van der Waals surface area contributed by atoms with E-state index in [9.17, 15) is 13.6 Å². The molecular formula is C19H22F2N6O. The molecule has 2 saturated heterocycles. The molecule has 2 aliphatic rings. The first kappa shape index (κ1) is 18.4. The summed E-state index contributed by atoms with van der Waals surface area (Å²) in [5.41, 5.74) is -0.0279. The van der Waals surface area contributed by atoms with Gasteiger partial charge in [-0.25, -0.2) is 23.5 Å². The zero-order valence-electron chi connectivity index (χ0n) is 15.4. The van der Waals surface area contributed by atoms with E-state index >= 15 is 0 Å². The van der Waals surface area contributed by atoms with Gasteiger partial charge in [0.25, 0.3) is 0 Å². The van der Waals surface area contributed by atoms with Gasteiger partial charge in [0.15, 0.2) is 0 Å². The predicted molar refractivity (Wildman–Crippen MR) is 103 cm³/mol. The molecule has 3 heterocycles. The Bertz CT molecular complexity index is 850. The number of aromatic nitrogens is 2. The van der Waals surface area contributed by atoms with Crippen molar-refractivity contribution >= 4 is 23.4 Å². The molecule has 9 heteroatoms. The number of urea groups is 1. The van der Waals surface area contributed by atoms with Crippen molar-refractivity contribution in [1.82, 2.24) is 14.9 Å². The number of amides is 2. The minimum absolute atomic E-state index is 0.0279. The summed E-state index contributed by atoms with van der Waals surface area (Å²) in [6, 6.07) is 4.68. The highest BCUT2D eigenvalue weighted by molar-refractivity contribution is 5.89. The van der Waals surface area contributed by atoms with E-state index in [1.165, 1.54) is 18.9 Å². The Morgan fingerprint density at radius 3 is 2.18 bits per heavy atom. The van der Waals surface area contributed by atoms with Crippen molar-refractivity contribution in [2.45, 2.75) is 12.8 Å². The maximum atomic E-state index is 13.7. The fourth-order valence-electron chi connectivity index (χ4n) is 3.55. The van der Waals surface area contributed by atoms with Crippen molar-refractivity contribution in [3.8, 4) is 0 Å². The summed E-state index contributed by atoms with van der Waals surface area (Å²) in [7, 11) is 0. The fraction of sp³-hybridized carbons (Fsp3) is 0.421. The van der Waals surface area contributed by atoms with Crippen LogP contribution in [0.5, 0.6) is 0 Å². The van der Waals surface area contributed by atoms with Crippen LogP contribution in [0, 0.1) is 11.6 Å². The molecule has 7 nitrogen and oxygen atoms in total. The van der Waals surface area contributed by atoms with E-state index < -0.39 is 17.7 Å². The average Bonchev–Trinajstić information content (AvgIpc) is 3.25. The SMILES string of the molecule is O=C(Nc1ccc(F)cc1F)N1CCN(c2cc(N3CCCC3)ncn2)CC1. The van der Waals surface area contributed by atoms with Gasteiger partial charge in [0.05, 0.1) is 5.69 Å². The Morgan fingerprint density at radius 1 is 0.893 bits per heavy atom. The Labute approximate surface area is 162 Å². The van der Waals surface area contributed by atoms with Gasteiger partial charge in [-0.3, -0.25) is 0 Å². The van der Waals surface area contributed by atoms with Crippen LogP contribution in [0.2, 0.25) is 0 Å². The second-order valence-electron chi connectivity index (χ2n) is 6.96. The molecule has 0 aliphatic carbocycles. The van der Waals surface area contributed by atoms with Crippen molar-refractivity contribution in [3.05, 3.63) is 42.2 Å². The molecule has 0 unspecified atom stereocenters. The minimum Gasteiger partial charge on any atom is -0.356 e. The zero-order valence-corrected chi connectivity index (χ0v) is 15.4. The number of rotatable bonds is 3. The summed E-state index contributed by atoms with van der Waals surface area (Å²) in [4.78, 5) is 27.1. The lowest BCUT2D eigenvalue weighted by molar-refractivity contribution is 0.208. The quantitative estimate of drug-likeness (QED) is 0.876. The highest BCUT2D eigenvalue weighted by atomic mass is 19.1. The smallest absolute Gasteiger partial charge is 0.322 e. The highest BCUT2D eigenvalue weighted by Crippen LogP contribution is 2.22. The summed E-state index contributed by atoms with van der Waals surface area (Å²) in [6.07, 6.45) is 3.95. The molecule has 4 rings (SSSR count). The van der Waals surface area contributed by atoms with Gasteiger partial charge in [-0.15, -0.1) is 0 Å². The molecule has 148 valence electrons. The number of hydrogen-bond acceptors (Lipinski definition) is 5. The third-order valence-electron chi connectivity index (χ3n) is 5.13. The maximum absolute atomic E-state index is 13.7. The summed E-state index contributed by atoms with van der Waals surface area (Å²) in [5.74, 6) is 0.320. The van der Waals surface area contributed by atoms with Crippen LogP contribution in [0.25, 0.3) is 0 Å². The molecule has 2 amide bonds. The van der Waals surface area contributed by atoms with Crippen LogP contribution in [0.3, 0.4) is 0 Å². The van der Waals surface area contributed by atoms with E-state index in [0.29, 0.717) is 26.2 Å². The molecule has 0 bridgehead atoms. The normalized spacial score (nSPS) is 17.1. The summed E-state index contributed by atoms with van der Waals surface area (Å²) in [5, 5.41) is 2.50. The third kappa shape index (κ3) is 3.97. The largest absolute Gasteiger partial charge is 0.356 e. The van der Waals surface area contributed by atoms with Crippen molar-refractivity contribution in [1.29, 1.82) is 0 Å². The number of carbonyl (C=O) groups excluding carboxylic acids is 1. The summed E-state index contributed by atoms with van der Waals surface area (Å²) < 4.78 is 26.7. The number of benzene rings is 1. The molecule has 0 spiro atoms. The van der Waals surface area contributed by atoms with Gasteiger partial charge in [0.2, 0.25) is 0 Å². The van der Waals surface area contributed by atoms with Gasteiger partial charge in [-0.1, -0.05) is 0 Å². The molecule has 1 aromatic carbocycles. The number of piperazine rings is 1. The van der Waals surface area contributed by atoms with Crippen LogP contribution in [-0.4, -0.2) is 60.2 Å². The van der Waals surface area contributed by atoms with E-state index in [1.807, 2.05) is 6.07 Å². The van der Waals surface area contributed by atoms with E-state index in [4.69, 9.17) is 0 Å². The highest BCUT2D eigenvalue weighted by Gasteiger charge is 2.23. The van der Waals surface area contributed by atoms with Crippen molar-refractivity contribution in [3.63, 3.8) is 0 Å². The minimum atomic E-state index is -0.789. The van der Waals surface area contributed by atoms with Crippen LogP contribution in [0.15, 0.2) is 30.6 Å². The third-order valence-corrected chi connectivity index (χ3v) is 5.13. The molecule has 0 atom stereocenters. The van der Waals surface area contributed by atoms with Crippen molar-refractivity contribution in [2.24, 2.45) is 0 Å². The number of halogens is 2. The lowest BCUT2D eigenvalue weighted by Crippen LogP contribution is -2.50. The molecule has 1 aromatic heterocycles. The van der Waals surface area contributed by atoms with E-state index in [-0.39, 0.29) is 5.69 Å². The molecule has 1 N–H and O–H groups in total. The van der Waals surface area contributed by atoms with Gasteiger partial charge >= 0.3 is 6.03 Å². The Kier molecular flexibility index (Phi) is 5.23. The number of nitrogens with one attached hydrogen (secondary N) is 1. The predicted octanol–water partition coefficient (Wildman–Crippen LogP) is 2.71. The maximum Gasteiger partial charge on any atom is 0.322 e. The van der Waals surface area contributed by atoms with Crippen LogP contribution >= 0.6 is 0 Å². The van der Waals surface area contributed by atoms with Gasteiger partial charge in [-0.2, -0.15) is 0 Å². The van der Waals surface area contributed by atoms with Crippen LogP contribution in [-0.2, 0) is 0 Å². The molecule has 0 saturated carbocycles. The monoisotopic (exact) mass is 388 g/mol. The summed E-state index contributed by atoms with van der Waals surface area (Å²) in [6.45, 7) is 4.25. The van der Waals surface area contributed by atoms with Crippen molar-refractivity contribution < 1.29 is 13.6 Å². The Morgan fingerprint density at radius 2 is 1.54 bits per heavy atom. The van der Waals surface area contributed by atoms with Gasteiger partial charge < -0.3 is 20.0 Å². The standard InChI is InChI=1S/C19H22F2N6O/c20-14-3-4-16(15(21)11-14)24-19(28)27-9-7-26(8-10-27)18-12-17(22-13-23-18)25-5-1-2-6-25/h3-4,11-13H,1-2,5-10H2,(H,24,28). The van der Waals surface area contributed by atoms with E-state index in [1.54, 1.807) is 11.2 Å². The summed E-state index contributed by atoms with van der Waals surface area (Å²) >= 11 is 0. The number of anilines is 3. The molecule has 2 aromatic rings. The first-order valence-corrected chi connectivity index (χ1v) is 9.43. The second kappa shape index (κ2) is 7.95. The lowest BCUT2D eigenvalue weighted by atomic mass is 10.3. The molecule has 2 aliphatic heterocycles. The Balaban J connectivity index is 1.35. The van der Waals surface area contributed by atoms with Crippen LogP contribution < -0.4 is 15.1 Å². The average molecular weight is 388 g/mol. The first-order valence-electron chi connectivity index (χ1n) is 9.43. The van der Waals surface area contributed by atoms with E-state index in [0.717, 1.165) is 36.9 Å². The Hall–Kier alpha value is -2.97. The molecular weight excluding hydrogens is 366 g/mol. The van der Waals surface area contributed by atoms with Gasteiger partial charge in [0.1, 0.15) is 29.6 Å². The molecule has 28 heavy (non-hydrogen) atoms. The van der Waals surface area contributed by atoms with Crippen LogP contribution in [0.1, 0.15) is 12.8 Å². The number of hydrogen-bond donors (Lipinski definition) is 1. The lowest BCUT2D eigenvalue weighted by Gasteiger charge is -2.35. The zero-order chi connectivity index (χ0) is 19.5. The van der Waals surface area contributed by atoms with Crippen molar-refractivity contribution in [2.75, 3.05) is 54.4 Å². The second-order valence-corrected chi connectivity index (χ2v) is 6.96. The number of nitrogens with zero attached hydrogens (tertiary/aromatic N) is 5. The fourth-order valence-corrected chi connectivity index (χ4v) is 3.55. The van der Waals surface area contributed by atoms with Gasteiger partial charge in [-0.05, 0) is 25.0 Å². The molecule has 0 radical (unpaired) electrons. The topological polar surface area (TPSA) is 64.6 Å². The van der Waals surface area contributed by atoms with Crippen LogP contribution in [0.4, 0.5) is 30.9 Å². The van der Waals surface area contributed by atoms with Gasteiger partial charge in [0, 0.05) is 51.4 Å². The first-order chi connectivity index (χ1) is 13.6.